The lowest BCUT2D eigenvalue weighted by Gasteiger charge is -2.35. The van der Waals surface area contributed by atoms with E-state index in [1.165, 1.54) is 0 Å². The van der Waals surface area contributed by atoms with Crippen molar-refractivity contribution >= 4 is 11.9 Å². The van der Waals surface area contributed by atoms with Gasteiger partial charge in [0.05, 0.1) is 16.5 Å². The Bertz CT molecular complexity index is 1110. The molecule has 7 nitrogen and oxygen atoms in total. The number of hydrogen-bond acceptors (Lipinski definition) is 5. The quantitative estimate of drug-likeness (QED) is 0.634. The van der Waals surface area contributed by atoms with E-state index in [4.69, 9.17) is 4.52 Å². The summed E-state index contributed by atoms with van der Waals surface area (Å²) in [7, 11) is 0. The summed E-state index contributed by atoms with van der Waals surface area (Å²) in [6.07, 6.45) is 1.83. The molecule has 1 aliphatic carbocycles. The molecule has 0 saturated carbocycles. The number of aromatic nitrogens is 2. The maximum atomic E-state index is 11.6. The highest BCUT2D eigenvalue weighted by Gasteiger charge is 2.45. The number of carbonyl (C=O) groups is 2. The first-order chi connectivity index (χ1) is 14.7. The molecule has 31 heavy (non-hydrogen) atoms. The van der Waals surface area contributed by atoms with E-state index in [-0.39, 0.29) is 17.0 Å². The number of hydrogen-bond donors (Lipinski definition) is 2. The van der Waals surface area contributed by atoms with Crippen molar-refractivity contribution in [3.63, 3.8) is 0 Å². The second-order valence-electron chi connectivity index (χ2n) is 8.49. The van der Waals surface area contributed by atoms with Gasteiger partial charge in [0.25, 0.3) is 0 Å². The van der Waals surface area contributed by atoms with E-state index >= 15 is 0 Å². The van der Waals surface area contributed by atoms with E-state index in [0.29, 0.717) is 31.0 Å². The van der Waals surface area contributed by atoms with E-state index in [2.05, 4.69) is 24.0 Å². The monoisotopic (exact) mass is 420 g/mol. The zero-order valence-corrected chi connectivity index (χ0v) is 17.7. The van der Waals surface area contributed by atoms with Crippen LogP contribution >= 0.6 is 0 Å². The molecule has 0 amide bonds. The second kappa shape index (κ2) is 7.65. The Morgan fingerprint density at radius 1 is 1.00 bits per heavy atom. The van der Waals surface area contributed by atoms with E-state index in [0.717, 1.165) is 22.3 Å². The molecule has 0 fully saturated rings. The number of rotatable bonds is 5. The lowest BCUT2D eigenvalue weighted by atomic mass is 9.67. The number of carboxylic acid groups (broad SMARTS) is 2. The van der Waals surface area contributed by atoms with E-state index in [9.17, 15) is 19.8 Å². The largest absolute Gasteiger partial charge is 0.478 e. The zero-order chi connectivity index (χ0) is 22.3. The predicted molar refractivity (Wildman–Crippen MR) is 113 cm³/mol. The van der Waals surface area contributed by atoms with Crippen LogP contribution in [0, 0.1) is 12.8 Å². The Hall–Kier alpha value is -3.48. The summed E-state index contributed by atoms with van der Waals surface area (Å²) in [6.45, 7) is 5.95. The Kier molecular flexibility index (Phi) is 5.13. The maximum Gasteiger partial charge on any atom is 0.335 e. The van der Waals surface area contributed by atoms with Gasteiger partial charge in [-0.25, -0.2) is 9.59 Å². The number of benzene rings is 2. The van der Waals surface area contributed by atoms with E-state index in [1.54, 1.807) is 31.2 Å². The highest BCUT2D eigenvalue weighted by molar-refractivity contribution is 5.89. The van der Waals surface area contributed by atoms with Crippen LogP contribution in [0.2, 0.25) is 0 Å². The van der Waals surface area contributed by atoms with Crippen LogP contribution in [0.25, 0.3) is 0 Å². The van der Waals surface area contributed by atoms with Crippen LogP contribution in [0.1, 0.15) is 75.0 Å². The molecule has 3 aromatic rings. The lowest BCUT2D eigenvalue weighted by Crippen LogP contribution is -2.34. The highest BCUT2D eigenvalue weighted by Crippen LogP contribution is 2.48. The summed E-state index contributed by atoms with van der Waals surface area (Å²) < 4.78 is 5.37. The number of aromatic carboxylic acids is 2. The van der Waals surface area contributed by atoms with Gasteiger partial charge in [-0.1, -0.05) is 31.1 Å². The molecule has 0 atom stereocenters. The van der Waals surface area contributed by atoms with Crippen molar-refractivity contribution in [3.8, 4) is 0 Å². The highest BCUT2D eigenvalue weighted by atomic mass is 16.5. The van der Waals surface area contributed by atoms with Gasteiger partial charge >= 0.3 is 11.9 Å². The molecule has 0 radical (unpaired) electrons. The SMILES string of the molecule is Cc1nc(C2(CC(C)C)c3ccc(C(=O)O)cc3CCc3cc(C(=O)O)ccc32)no1. The fraction of sp³-hybridized carbons (Fsp3) is 0.333. The van der Waals surface area contributed by atoms with Gasteiger partial charge in [-0.15, -0.1) is 0 Å². The Balaban J connectivity index is 2.08. The smallest absolute Gasteiger partial charge is 0.335 e. The number of aryl methyl sites for hydroxylation is 3. The molecule has 0 unspecified atom stereocenters. The Morgan fingerprint density at radius 2 is 1.52 bits per heavy atom. The summed E-state index contributed by atoms with van der Waals surface area (Å²) in [5, 5.41) is 23.3. The minimum Gasteiger partial charge on any atom is -0.478 e. The van der Waals surface area contributed by atoms with Crippen LogP contribution in [0.15, 0.2) is 40.9 Å². The van der Waals surface area contributed by atoms with Gasteiger partial charge in [-0.05, 0) is 71.7 Å². The minimum atomic E-state index is -0.984. The van der Waals surface area contributed by atoms with Gasteiger partial charge in [-0.3, -0.25) is 0 Å². The van der Waals surface area contributed by atoms with Crippen molar-refractivity contribution in [2.45, 2.75) is 45.4 Å². The van der Waals surface area contributed by atoms with Crippen molar-refractivity contribution in [1.29, 1.82) is 0 Å². The van der Waals surface area contributed by atoms with Gasteiger partial charge in [0.2, 0.25) is 5.89 Å². The standard InChI is InChI=1S/C24H24N2O5/c1-13(2)12-24(23-25-14(3)31-26-23)19-8-6-17(21(27)28)10-15(19)4-5-16-11-18(22(29)30)7-9-20(16)24/h6-11,13H,4-5,12H2,1-3H3,(H,27,28)(H,29,30). The first-order valence-corrected chi connectivity index (χ1v) is 10.3. The van der Waals surface area contributed by atoms with Crippen LogP contribution in [0.3, 0.4) is 0 Å². The maximum absolute atomic E-state index is 11.6. The van der Waals surface area contributed by atoms with Crippen LogP contribution in [-0.4, -0.2) is 32.3 Å². The number of nitrogens with zero attached hydrogens (tertiary/aromatic N) is 2. The Labute approximate surface area is 179 Å². The molecule has 2 N–H and O–H groups in total. The average Bonchev–Trinajstić information content (AvgIpc) is 3.11. The normalized spacial score (nSPS) is 14.6. The van der Waals surface area contributed by atoms with Crippen molar-refractivity contribution in [3.05, 3.63) is 81.5 Å². The molecule has 4 rings (SSSR count). The fourth-order valence-electron chi connectivity index (χ4n) is 4.75. The average molecular weight is 420 g/mol. The van der Waals surface area contributed by atoms with Crippen molar-refractivity contribution < 1.29 is 24.3 Å². The van der Waals surface area contributed by atoms with Crippen molar-refractivity contribution in [2.24, 2.45) is 5.92 Å². The molecule has 0 spiro atoms. The Morgan fingerprint density at radius 3 is 1.90 bits per heavy atom. The molecule has 160 valence electrons. The van der Waals surface area contributed by atoms with Crippen LogP contribution < -0.4 is 0 Å². The molecule has 1 aliphatic rings. The molecule has 1 heterocycles. The van der Waals surface area contributed by atoms with Gasteiger partial charge in [0.1, 0.15) is 0 Å². The lowest BCUT2D eigenvalue weighted by molar-refractivity contribution is 0.0686. The number of fused-ring (bicyclic) bond motifs is 2. The molecule has 0 aliphatic heterocycles. The van der Waals surface area contributed by atoms with Gasteiger partial charge in [0.15, 0.2) is 5.82 Å². The van der Waals surface area contributed by atoms with Gasteiger partial charge in [0, 0.05) is 6.92 Å². The van der Waals surface area contributed by atoms with Crippen molar-refractivity contribution in [2.75, 3.05) is 0 Å². The fourth-order valence-corrected chi connectivity index (χ4v) is 4.75. The van der Waals surface area contributed by atoms with Crippen LogP contribution in [0.4, 0.5) is 0 Å². The zero-order valence-electron chi connectivity index (χ0n) is 17.7. The molecular weight excluding hydrogens is 396 g/mol. The first-order valence-electron chi connectivity index (χ1n) is 10.3. The molecule has 1 aromatic heterocycles. The third-order valence-corrected chi connectivity index (χ3v) is 5.91. The molecule has 0 saturated heterocycles. The molecule has 0 bridgehead atoms. The molecule has 7 heteroatoms. The predicted octanol–water partition coefficient (Wildman–Crippen LogP) is 4.25. The van der Waals surface area contributed by atoms with E-state index < -0.39 is 17.4 Å². The second-order valence-corrected chi connectivity index (χ2v) is 8.49. The minimum absolute atomic E-state index is 0.221. The molecule has 2 aromatic carbocycles. The van der Waals surface area contributed by atoms with Crippen molar-refractivity contribution in [1.82, 2.24) is 10.1 Å². The summed E-state index contributed by atoms with van der Waals surface area (Å²) >= 11 is 0. The summed E-state index contributed by atoms with van der Waals surface area (Å²) in [5.41, 5.74) is 3.34. The van der Waals surface area contributed by atoms with Crippen LogP contribution in [0.5, 0.6) is 0 Å². The third kappa shape index (κ3) is 3.50. The summed E-state index contributed by atoms with van der Waals surface area (Å²) in [6, 6.07) is 10.4. The third-order valence-electron chi connectivity index (χ3n) is 5.91. The van der Waals surface area contributed by atoms with Crippen LogP contribution in [-0.2, 0) is 18.3 Å². The summed E-state index contributed by atoms with van der Waals surface area (Å²) in [5.74, 6) is -0.773. The molecular formula is C24H24N2O5. The summed E-state index contributed by atoms with van der Waals surface area (Å²) in [4.78, 5) is 27.8. The van der Waals surface area contributed by atoms with Gasteiger partial charge in [-0.2, -0.15) is 4.98 Å². The topological polar surface area (TPSA) is 114 Å². The number of carboxylic acids is 2. The van der Waals surface area contributed by atoms with Gasteiger partial charge < -0.3 is 14.7 Å². The van der Waals surface area contributed by atoms with E-state index in [1.807, 2.05) is 12.1 Å². The first kappa shape index (κ1) is 20.8.